The van der Waals surface area contributed by atoms with E-state index in [4.69, 9.17) is 9.84 Å². The molecule has 2 amide bonds. The highest BCUT2D eigenvalue weighted by Crippen LogP contribution is 2.37. The van der Waals surface area contributed by atoms with Gasteiger partial charge in [0.1, 0.15) is 11.6 Å². The van der Waals surface area contributed by atoms with Crippen LogP contribution in [0.5, 0.6) is 0 Å². The minimum Gasteiger partial charge on any atom is -0.390 e. The first-order valence-corrected chi connectivity index (χ1v) is 17.4. The van der Waals surface area contributed by atoms with Gasteiger partial charge in [-0.2, -0.15) is 5.10 Å². The zero-order valence-electron chi connectivity index (χ0n) is 26.3. The van der Waals surface area contributed by atoms with Gasteiger partial charge in [0, 0.05) is 56.7 Å². The van der Waals surface area contributed by atoms with Crippen LogP contribution in [-0.4, -0.2) is 102 Å². The topological polar surface area (TPSA) is 146 Å². The number of carbonyl (C=O) groups is 2. The Morgan fingerprint density at radius 2 is 1.73 bits per heavy atom. The first-order chi connectivity index (χ1) is 20.8. The molecule has 1 aromatic heterocycles. The van der Waals surface area contributed by atoms with Gasteiger partial charge in [-0.25, -0.2) is 13.1 Å². The van der Waals surface area contributed by atoms with Gasteiger partial charge in [0.25, 0.3) is 0 Å². The third kappa shape index (κ3) is 6.80. The van der Waals surface area contributed by atoms with Crippen molar-refractivity contribution in [2.75, 3.05) is 44.3 Å². The number of methoxy groups -OCH3 is 1. The van der Waals surface area contributed by atoms with Crippen molar-refractivity contribution in [1.29, 1.82) is 0 Å². The van der Waals surface area contributed by atoms with Gasteiger partial charge >= 0.3 is 0 Å². The fourth-order valence-electron chi connectivity index (χ4n) is 7.16. The number of carbonyl (C=O) groups excluding carboxylic acids is 2. The molecule has 1 atom stereocenters. The molecule has 13 heteroatoms. The van der Waals surface area contributed by atoms with Crippen LogP contribution in [-0.2, 0) is 30.9 Å². The Kier molecular flexibility index (Phi) is 9.41. The van der Waals surface area contributed by atoms with E-state index in [0.29, 0.717) is 64.2 Å². The maximum atomic E-state index is 13.8. The van der Waals surface area contributed by atoms with Gasteiger partial charge in [-0.15, -0.1) is 0 Å². The Labute approximate surface area is 260 Å². The van der Waals surface area contributed by atoms with Crippen molar-refractivity contribution in [3.63, 3.8) is 0 Å². The van der Waals surface area contributed by atoms with Crippen LogP contribution in [0.15, 0.2) is 24.3 Å². The number of rotatable bonds is 10. The predicted molar refractivity (Wildman–Crippen MR) is 167 cm³/mol. The van der Waals surface area contributed by atoms with Crippen molar-refractivity contribution in [3.8, 4) is 5.69 Å². The number of aryl methyl sites for hydroxylation is 1. The number of ether oxygens (including phenoxy) is 1. The molecule has 242 valence electrons. The number of piperazine rings is 1. The van der Waals surface area contributed by atoms with Gasteiger partial charge in [-0.3, -0.25) is 19.2 Å². The van der Waals surface area contributed by atoms with E-state index in [2.05, 4.69) is 14.9 Å². The SMILES string of the molecule is COCCN1C(=O)[C@@H](CC2(O)CCCCC2)NC(=O)C12CCN(Cc1c(C)nn(-c3ccc(NS(C)(=O)=O)cc3)c1C)CC2. The van der Waals surface area contributed by atoms with Crippen molar-refractivity contribution in [1.82, 2.24) is 24.9 Å². The maximum absolute atomic E-state index is 13.8. The second-order valence-electron chi connectivity index (χ2n) is 12.8. The number of nitrogens with one attached hydrogen (secondary N) is 2. The number of nitrogens with zero attached hydrogens (tertiary/aromatic N) is 4. The number of aromatic nitrogens is 2. The van der Waals surface area contributed by atoms with E-state index in [1.807, 2.05) is 30.7 Å². The molecule has 0 bridgehead atoms. The Hall–Kier alpha value is -3.00. The average Bonchev–Trinajstić information content (AvgIpc) is 3.25. The lowest BCUT2D eigenvalue weighted by molar-refractivity contribution is -0.164. The lowest BCUT2D eigenvalue weighted by atomic mass is 9.77. The molecule has 2 saturated heterocycles. The molecule has 0 unspecified atom stereocenters. The number of sulfonamides is 1. The molecule has 2 aromatic rings. The van der Waals surface area contributed by atoms with E-state index in [1.165, 1.54) is 0 Å². The third-order valence-electron chi connectivity index (χ3n) is 9.62. The van der Waals surface area contributed by atoms with E-state index < -0.39 is 27.2 Å². The molecule has 1 aromatic carbocycles. The van der Waals surface area contributed by atoms with E-state index in [-0.39, 0.29) is 18.2 Å². The van der Waals surface area contributed by atoms with Crippen LogP contribution in [0.4, 0.5) is 5.69 Å². The predicted octanol–water partition coefficient (Wildman–Crippen LogP) is 2.25. The minimum atomic E-state index is -3.36. The summed E-state index contributed by atoms with van der Waals surface area (Å²) in [6.07, 6.45) is 6.66. The highest BCUT2D eigenvalue weighted by atomic mass is 32.2. The van der Waals surface area contributed by atoms with Crippen LogP contribution >= 0.6 is 0 Å². The van der Waals surface area contributed by atoms with Crippen molar-refractivity contribution in [2.45, 2.75) is 88.9 Å². The highest BCUT2D eigenvalue weighted by molar-refractivity contribution is 7.92. The van der Waals surface area contributed by atoms with Gasteiger partial charge in [0.2, 0.25) is 21.8 Å². The quantitative estimate of drug-likeness (QED) is 0.363. The zero-order valence-corrected chi connectivity index (χ0v) is 27.1. The van der Waals surface area contributed by atoms with Gasteiger partial charge in [-0.05, 0) is 63.8 Å². The van der Waals surface area contributed by atoms with Gasteiger partial charge in [0.05, 0.1) is 29.8 Å². The number of benzene rings is 1. The molecule has 1 spiro atoms. The van der Waals surface area contributed by atoms with Crippen LogP contribution in [0, 0.1) is 13.8 Å². The van der Waals surface area contributed by atoms with Crippen molar-refractivity contribution in [2.24, 2.45) is 0 Å². The number of amides is 2. The summed E-state index contributed by atoms with van der Waals surface area (Å²) < 4.78 is 32.8. The molecule has 1 aliphatic carbocycles. The monoisotopic (exact) mass is 630 g/mol. The number of aliphatic hydroxyl groups is 1. The summed E-state index contributed by atoms with van der Waals surface area (Å²) in [5.41, 5.74) is 2.45. The van der Waals surface area contributed by atoms with Crippen LogP contribution in [0.3, 0.4) is 0 Å². The summed E-state index contributed by atoms with van der Waals surface area (Å²) in [6, 6.07) is 6.35. The van der Waals surface area contributed by atoms with E-state index in [9.17, 15) is 23.1 Å². The average molecular weight is 631 g/mol. The number of piperidine rings is 1. The van der Waals surface area contributed by atoms with Crippen LogP contribution in [0.1, 0.15) is 68.3 Å². The molecule has 0 radical (unpaired) electrons. The Morgan fingerprint density at radius 3 is 2.34 bits per heavy atom. The Balaban J connectivity index is 1.28. The second-order valence-corrected chi connectivity index (χ2v) is 14.5. The lowest BCUT2D eigenvalue weighted by Gasteiger charge is -2.52. The van der Waals surface area contributed by atoms with Gasteiger partial charge in [0.15, 0.2) is 0 Å². The van der Waals surface area contributed by atoms with Gasteiger partial charge < -0.3 is 20.1 Å². The van der Waals surface area contributed by atoms with Crippen LogP contribution in [0.25, 0.3) is 5.69 Å². The van der Waals surface area contributed by atoms with Crippen molar-refractivity contribution < 1.29 is 27.9 Å². The molecule has 2 aliphatic heterocycles. The lowest BCUT2D eigenvalue weighted by Crippen LogP contribution is -2.73. The summed E-state index contributed by atoms with van der Waals surface area (Å²) in [7, 11) is -1.76. The zero-order chi connectivity index (χ0) is 31.7. The molecule has 1 saturated carbocycles. The van der Waals surface area contributed by atoms with E-state index >= 15 is 0 Å². The second kappa shape index (κ2) is 12.8. The molecule has 3 fully saturated rings. The third-order valence-corrected chi connectivity index (χ3v) is 10.2. The standard InChI is InChI=1S/C31H46N6O6S/c1-22-26(23(2)37(33-22)25-10-8-24(9-11-25)34-44(4,41)42)21-35-16-14-31(15-17-35)29(39)32-27(28(38)36(31)18-19-43-3)20-30(40)12-6-5-7-13-30/h8-11,27,34,40H,5-7,12-21H2,1-4H3,(H,32,39)/t27-/m1/s1. The summed E-state index contributed by atoms with van der Waals surface area (Å²) in [5, 5.41) is 18.9. The number of hydrogen-bond acceptors (Lipinski definition) is 8. The Bertz CT molecular complexity index is 1460. The van der Waals surface area contributed by atoms with Gasteiger partial charge in [-0.1, -0.05) is 19.3 Å². The van der Waals surface area contributed by atoms with E-state index in [1.54, 1.807) is 24.1 Å². The first-order valence-electron chi connectivity index (χ1n) is 15.5. The number of likely N-dealkylation sites (tertiary alicyclic amines) is 1. The molecular weight excluding hydrogens is 584 g/mol. The number of hydrogen-bond donors (Lipinski definition) is 3. The molecule has 5 rings (SSSR count). The van der Waals surface area contributed by atoms with E-state index in [0.717, 1.165) is 48.2 Å². The largest absolute Gasteiger partial charge is 0.390 e. The molecule has 3 heterocycles. The first kappa shape index (κ1) is 32.4. The number of anilines is 1. The van der Waals surface area contributed by atoms with Crippen LogP contribution < -0.4 is 10.0 Å². The summed E-state index contributed by atoms with van der Waals surface area (Å²) in [6.45, 7) is 6.59. The highest BCUT2D eigenvalue weighted by Gasteiger charge is 2.54. The van der Waals surface area contributed by atoms with Crippen molar-refractivity contribution in [3.05, 3.63) is 41.2 Å². The summed E-state index contributed by atoms with van der Waals surface area (Å²) in [5.74, 6) is -0.258. The fraction of sp³-hybridized carbons (Fsp3) is 0.645. The smallest absolute Gasteiger partial charge is 0.246 e. The molecule has 3 aliphatic rings. The molecular formula is C31H46N6O6S. The molecule has 3 N–H and O–H groups in total. The minimum absolute atomic E-state index is 0.125. The molecule has 44 heavy (non-hydrogen) atoms. The fourth-order valence-corrected chi connectivity index (χ4v) is 7.72. The maximum Gasteiger partial charge on any atom is 0.246 e. The van der Waals surface area contributed by atoms with Crippen molar-refractivity contribution >= 4 is 27.5 Å². The molecule has 12 nitrogen and oxygen atoms in total. The normalized spacial score (nSPS) is 22.3. The summed E-state index contributed by atoms with van der Waals surface area (Å²) >= 11 is 0. The Morgan fingerprint density at radius 1 is 1.07 bits per heavy atom. The summed E-state index contributed by atoms with van der Waals surface area (Å²) in [4.78, 5) is 31.7. The van der Waals surface area contributed by atoms with Crippen LogP contribution in [0.2, 0.25) is 0 Å².